The minimum absolute atomic E-state index is 0.129. The van der Waals surface area contributed by atoms with Gasteiger partial charge in [0.05, 0.1) is 12.2 Å². The number of aliphatic hydroxyl groups excluding tert-OH is 1. The van der Waals surface area contributed by atoms with Gasteiger partial charge in [0.2, 0.25) is 8.32 Å². The van der Waals surface area contributed by atoms with Gasteiger partial charge in [0.1, 0.15) is 0 Å². The predicted octanol–water partition coefficient (Wildman–Crippen LogP) is 3.96. The molecule has 4 nitrogen and oxygen atoms in total. The molecule has 0 saturated carbocycles. The van der Waals surface area contributed by atoms with Gasteiger partial charge in [-0.3, -0.25) is 4.79 Å². The van der Waals surface area contributed by atoms with E-state index in [-0.39, 0.29) is 12.2 Å². The minimum Gasteiger partial charge on any atom is -0.481 e. The molecule has 0 aromatic heterocycles. The number of carboxylic acids is 1. The number of aliphatic carboxylic acids is 1. The Hall–Kier alpha value is -0.653. The molecule has 0 aromatic rings. The summed E-state index contributed by atoms with van der Waals surface area (Å²) in [5, 5.41) is 17.0. The zero-order valence-electron chi connectivity index (χ0n) is 14.5. The van der Waals surface area contributed by atoms with E-state index in [1.807, 2.05) is 12.2 Å². The standard InChI is InChI=1S/C14H28O2Si.C2H4O2/c1-10(2)17(11(3)4,12(5)6)16-14-8-7-13(15)9-14;1-2(3)4/h7-8,10-15H,9H2,1-6H3;1H3,(H,3,4)/t13-,14+;/m0./s1. The third-order valence-corrected chi connectivity index (χ3v) is 10.2. The van der Waals surface area contributed by atoms with Gasteiger partial charge < -0.3 is 14.6 Å². The number of hydrogen-bond acceptors (Lipinski definition) is 3. The predicted molar refractivity (Wildman–Crippen MR) is 89.0 cm³/mol. The molecule has 0 heterocycles. The van der Waals surface area contributed by atoms with E-state index in [1.54, 1.807) is 0 Å². The topological polar surface area (TPSA) is 66.8 Å². The highest BCUT2D eigenvalue weighted by molar-refractivity contribution is 6.77. The van der Waals surface area contributed by atoms with Gasteiger partial charge in [-0.15, -0.1) is 0 Å². The smallest absolute Gasteiger partial charge is 0.300 e. The summed E-state index contributed by atoms with van der Waals surface area (Å²) in [6.07, 6.45) is 4.47. The summed E-state index contributed by atoms with van der Waals surface area (Å²) in [5.74, 6) is -0.833. The number of aliphatic hydroxyl groups is 1. The maximum Gasteiger partial charge on any atom is 0.300 e. The first-order valence-corrected chi connectivity index (χ1v) is 9.91. The Kier molecular flexibility index (Phi) is 8.44. The largest absolute Gasteiger partial charge is 0.481 e. The zero-order chi connectivity index (χ0) is 16.8. The molecular weight excluding hydrogens is 284 g/mol. The van der Waals surface area contributed by atoms with Gasteiger partial charge in [0, 0.05) is 13.3 Å². The van der Waals surface area contributed by atoms with Crippen LogP contribution in [0.25, 0.3) is 0 Å². The van der Waals surface area contributed by atoms with Crippen LogP contribution in [0.15, 0.2) is 12.2 Å². The van der Waals surface area contributed by atoms with E-state index in [1.165, 1.54) is 0 Å². The summed E-state index contributed by atoms with van der Waals surface area (Å²) >= 11 is 0. The van der Waals surface area contributed by atoms with Gasteiger partial charge in [0.25, 0.3) is 5.97 Å². The molecule has 0 unspecified atom stereocenters. The van der Waals surface area contributed by atoms with Crippen LogP contribution in [-0.2, 0) is 9.22 Å². The normalized spacial score (nSPS) is 21.9. The zero-order valence-corrected chi connectivity index (χ0v) is 15.5. The summed E-state index contributed by atoms with van der Waals surface area (Å²) in [7, 11) is -1.78. The van der Waals surface area contributed by atoms with Crippen LogP contribution in [0.4, 0.5) is 0 Å². The van der Waals surface area contributed by atoms with Gasteiger partial charge in [0.15, 0.2) is 0 Å². The van der Waals surface area contributed by atoms with Crippen molar-refractivity contribution in [1.29, 1.82) is 0 Å². The summed E-state index contributed by atoms with van der Waals surface area (Å²) in [4.78, 5) is 9.00. The molecule has 1 rings (SSSR count). The Morgan fingerprint density at radius 2 is 1.48 bits per heavy atom. The van der Waals surface area contributed by atoms with Crippen LogP contribution < -0.4 is 0 Å². The van der Waals surface area contributed by atoms with E-state index in [9.17, 15) is 5.11 Å². The van der Waals surface area contributed by atoms with E-state index in [0.29, 0.717) is 16.6 Å². The minimum atomic E-state index is -1.78. The lowest BCUT2D eigenvalue weighted by molar-refractivity contribution is -0.134. The molecule has 0 radical (unpaired) electrons. The molecule has 0 aromatic carbocycles. The molecule has 2 N–H and O–H groups in total. The molecule has 5 heteroatoms. The lowest BCUT2D eigenvalue weighted by atomic mass is 10.3. The van der Waals surface area contributed by atoms with Crippen LogP contribution >= 0.6 is 0 Å². The van der Waals surface area contributed by atoms with Gasteiger partial charge in [-0.05, 0) is 16.6 Å². The molecule has 21 heavy (non-hydrogen) atoms. The molecular formula is C16H32O4Si. The third-order valence-electron chi connectivity index (χ3n) is 4.08. The molecule has 0 bridgehead atoms. The van der Waals surface area contributed by atoms with E-state index >= 15 is 0 Å². The summed E-state index contributed by atoms with van der Waals surface area (Å²) in [6.45, 7) is 14.8. The van der Waals surface area contributed by atoms with Gasteiger partial charge in [-0.2, -0.15) is 0 Å². The van der Waals surface area contributed by atoms with Crippen molar-refractivity contribution in [3.63, 3.8) is 0 Å². The highest BCUT2D eigenvalue weighted by atomic mass is 28.4. The molecule has 0 aliphatic heterocycles. The van der Waals surface area contributed by atoms with Crippen molar-refractivity contribution in [3.8, 4) is 0 Å². The summed E-state index contributed by atoms with van der Waals surface area (Å²) < 4.78 is 6.55. The number of hydrogen-bond donors (Lipinski definition) is 2. The van der Waals surface area contributed by atoms with Crippen LogP contribution in [0, 0.1) is 0 Å². The molecule has 2 atom stereocenters. The molecule has 0 fully saturated rings. The number of carboxylic acid groups (broad SMARTS) is 1. The van der Waals surface area contributed by atoms with E-state index in [4.69, 9.17) is 14.3 Å². The first-order valence-electron chi connectivity index (χ1n) is 7.77. The van der Waals surface area contributed by atoms with E-state index in [0.717, 1.165) is 13.3 Å². The SMILES string of the molecule is CC(=O)O.CC(C)[Si](O[C@@H]1C=C[C@H](O)C1)(C(C)C)C(C)C. The highest BCUT2D eigenvalue weighted by Gasteiger charge is 2.46. The number of rotatable bonds is 5. The van der Waals surface area contributed by atoms with Crippen LogP contribution in [-0.4, -0.2) is 36.7 Å². The van der Waals surface area contributed by atoms with Crippen molar-refractivity contribution in [2.45, 2.75) is 83.7 Å². The van der Waals surface area contributed by atoms with Crippen molar-refractivity contribution >= 4 is 14.3 Å². The lowest BCUT2D eigenvalue weighted by Crippen LogP contribution is -2.49. The molecule has 0 saturated heterocycles. The highest BCUT2D eigenvalue weighted by Crippen LogP contribution is 2.43. The Bertz CT molecular complexity index is 324. The summed E-state index contributed by atoms with van der Waals surface area (Å²) in [5.41, 5.74) is 1.82. The Labute approximate surface area is 130 Å². The van der Waals surface area contributed by atoms with E-state index < -0.39 is 14.3 Å². The fraction of sp³-hybridized carbons (Fsp3) is 0.812. The van der Waals surface area contributed by atoms with Crippen molar-refractivity contribution in [1.82, 2.24) is 0 Å². The fourth-order valence-corrected chi connectivity index (χ4v) is 8.92. The maximum atomic E-state index is 9.56. The summed E-state index contributed by atoms with van der Waals surface area (Å²) in [6, 6.07) is 0. The van der Waals surface area contributed by atoms with Crippen LogP contribution in [0.1, 0.15) is 54.9 Å². The second kappa shape index (κ2) is 8.71. The third kappa shape index (κ3) is 5.92. The van der Waals surface area contributed by atoms with Gasteiger partial charge in [-0.25, -0.2) is 0 Å². The molecule has 124 valence electrons. The van der Waals surface area contributed by atoms with Crippen LogP contribution in [0.5, 0.6) is 0 Å². The number of carbonyl (C=O) groups is 1. The average Bonchev–Trinajstić information content (AvgIpc) is 2.69. The van der Waals surface area contributed by atoms with Gasteiger partial charge >= 0.3 is 0 Å². The van der Waals surface area contributed by atoms with Crippen molar-refractivity contribution in [2.24, 2.45) is 0 Å². The second-order valence-electron chi connectivity index (χ2n) is 6.68. The van der Waals surface area contributed by atoms with Crippen molar-refractivity contribution in [3.05, 3.63) is 12.2 Å². The van der Waals surface area contributed by atoms with Crippen LogP contribution in [0.3, 0.4) is 0 Å². The lowest BCUT2D eigenvalue weighted by Gasteiger charge is -2.43. The quantitative estimate of drug-likeness (QED) is 0.595. The molecule has 0 amide bonds. The molecule has 1 aliphatic carbocycles. The molecule has 1 aliphatic rings. The first-order chi connectivity index (χ1) is 9.53. The first kappa shape index (κ1) is 20.3. The molecule has 0 spiro atoms. The van der Waals surface area contributed by atoms with Crippen molar-refractivity contribution in [2.75, 3.05) is 0 Å². The fourth-order valence-electron chi connectivity index (χ4n) is 3.41. The monoisotopic (exact) mass is 316 g/mol. The Morgan fingerprint density at radius 1 is 1.10 bits per heavy atom. The van der Waals surface area contributed by atoms with Crippen LogP contribution in [0.2, 0.25) is 16.6 Å². The maximum absolute atomic E-state index is 9.56. The Morgan fingerprint density at radius 3 is 1.71 bits per heavy atom. The van der Waals surface area contributed by atoms with E-state index in [2.05, 4.69) is 41.5 Å². The average molecular weight is 317 g/mol. The van der Waals surface area contributed by atoms with Crippen molar-refractivity contribution < 1.29 is 19.4 Å². The van der Waals surface area contributed by atoms with Gasteiger partial charge in [-0.1, -0.05) is 53.7 Å². The second-order valence-corrected chi connectivity index (χ2v) is 12.1. The Balaban J connectivity index is 0.000000885.